The number of rotatable bonds is 6. The fourth-order valence-corrected chi connectivity index (χ4v) is 2.95. The van der Waals surface area contributed by atoms with Gasteiger partial charge in [0.25, 0.3) is 5.91 Å². The Morgan fingerprint density at radius 3 is 2.83 bits per heavy atom. The van der Waals surface area contributed by atoms with E-state index >= 15 is 0 Å². The Hall–Kier alpha value is -2.17. The molecule has 5 heteroatoms. The summed E-state index contributed by atoms with van der Waals surface area (Å²) in [5.74, 6) is 0.893. The van der Waals surface area contributed by atoms with E-state index in [1.807, 2.05) is 25.3 Å². The van der Waals surface area contributed by atoms with Crippen LogP contribution in [0.15, 0.2) is 24.5 Å². The zero-order valence-corrected chi connectivity index (χ0v) is 14.0. The van der Waals surface area contributed by atoms with Gasteiger partial charge in [0.2, 0.25) is 0 Å². The van der Waals surface area contributed by atoms with E-state index in [9.17, 15) is 4.79 Å². The van der Waals surface area contributed by atoms with Gasteiger partial charge in [0, 0.05) is 24.0 Å². The number of aromatic nitrogens is 3. The number of amides is 1. The lowest BCUT2D eigenvalue weighted by atomic mass is 9.97. The third-order valence-electron chi connectivity index (χ3n) is 4.27. The van der Waals surface area contributed by atoms with Gasteiger partial charge in [-0.05, 0) is 43.7 Å². The average molecular weight is 312 g/mol. The minimum atomic E-state index is -0.0346. The molecule has 3 rings (SSSR count). The largest absolute Gasteiger partial charge is 0.345 e. The van der Waals surface area contributed by atoms with Crippen LogP contribution in [0.4, 0.5) is 0 Å². The number of nitrogens with one attached hydrogen (secondary N) is 2. The maximum atomic E-state index is 12.9. The molecule has 122 valence electrons. The highest BCUT2D eigenvalue weighted by atomic mass is 16.1. The minimum Gasteiger partial charge on any atom is -0.345 e. The highest BCUT2D eigenvalue weighted by Crippen LogP contribution is 2.41. The van der Waals surface area contributed by atoms with Crippen LogP contribution in [0.3, 0.4) is 0 Å². The lowest BCUT2D eigenvalue weighted by molar-refractivity contribution is 0.0930. The number of carbonyl (C=O) groups is 1. The molecule has 1 saturated carbocycles. The van der Waals surface area contributed by atoms with Crippen molar-refractivity contribution in [2.45, 2.75) is 52.0 Å². The van der Waals surface area contributed by atoms with Crippen molar-refractivity contribution in [3.05, 3.63) is 47.0 Å². The molecule has 1 fully saturated rings. The number of pyridine rings is 1. The van der Waals surface area contributed by atoms with E-state index in [-0.39, 0.29) is 11.9 Å². The number of aryl methyl sites for hydroxylation is 1. The van der Waals surface area contributed by atoms with E-state index in [0.717, 1.165) is 41.8 Å². The lowest BCUT2D eigenvalue weighted by Crippen LogP contribution is -2.30. The second kappa shape index (κ2) is 6.52. The van der Waals surface area contributed by atoms with Crippen molar-refractivity contribution in [2.75, 3.05) is 0 Å². The number of hydrogen-bond donors (Lipinski definition) is 2. The van der Waals surface area contributed by atoms with E-state index in [1.165, 1.54) is 0 Å². The van der Waals surface area contributed by atoms with Gasteiger partial charge in [0.1, 0.15) is 0 Å². The Morgan fingerprint density at radius 1 is 1.43 bits per heavy atom. The number of hydrogen-bond acceptors (Lipinski definition) is 3. The van der Waals surface area contributed by atoms with E-state index in [1.54, 1.807) is 6.20 Å². The van der Waals surface area contributed by atoms with Crippen LogP contribution in [0.25, 0.3) is 0 Å². The molecule has 0 saturated heterocycles. The zero-order chi connectivity index (χ0) is 16.4. The highest BCUT2D eigenvalue weighted by molar-refractivity contribution is 5.97. The van der Waals surface area contributed by atoms with Crippen LogP contribution < -0.4 is 5.32 Å². The van der Waals surface area contributed by atoms with Gasteiger partial charge in [-0.3, -0.25) is 14.9 Å². The molecule has 2 aromatic rings. The maximum Gasteiger partial charge on any atom is 0.255 e. The third-order valence-corrected chi connectivity index (χ3v) is 4.27. The molecule has 2 aromatic heterocycles. The standard InChI is InChI=1S/C18H24N4O/c1-11(2)9-15(14-5-4-8-19-10-14)20-18(23)16-12(3)21-22-17(16)13-6-7-13/h4-5,8,10-11,13,15H,6-7,9H2,1-3H3,(H,20,23)(H,21,22)/t15-/m1/s1. The van der Waals surface area contributed by atoms with Gasteiger partial charge in [-0.25, -0.2) is 0 Å². The number of aromatic amines is 1. The second-order valence-electron chi connectivity index (χ2n) is 6.83. The molecule has 0 spiro atoms. The Bertz CT molecular complexity index is 674. The van der Waals surface area contributed by atoms with Crippen molar-refractivity contribution in [1.82, 2.24) is 20.5 Å². The molecule has 2 heterocycles. The quantitative estimate of drug-likeness (QED) is 0.857. The Kier molecular flexibility index (Phi) is 4.46. The van der Waals surface area contributed by atoms with Crippen LogP contribution in [0.2, 0.25) is 0 Å². The topological polar surface area (TPSA) is 70.7 Å². The summed E-state index contributed by atoms with van der Waals surface area (Å²) in [6.07, 6.45) is 6.72. The first-order chi connectivity index (χ1) is 11.1. The summed E-state index contributed by atoms with van der Waals surface area (Å²) >= 11 is 0. The van der Waals surface area contributed by atoms with Crippen LogP contribution in [0, 0.1) is 12.8 Å². The molecule has 23 heavy (non-hydrogen) atoms. The fourth-order valence-electron chi connectivity index (χ4n) is 2.95. The number of carbonyl (C=O) groups excluding carboxylic acids is 1. The molecule has 1 amide bonds. The summed E-state index contributed by atoms with van der Waals surface area (Å²) in [5, 5.41) is 10.5. The highest BCUT2D eigenvalue weighted by Gasteiger charge is 2.32. The molecule has 0 aliphatic heterocycles. The summed E-state index contributed by atoms with van der Waals surface area (Å²) in [7, 11) is 0. The first kappa shape index (κ1) is 15.7. The van der Waals surface area contributed by atoms with E-state index in [4.69, 9.17) is 0 Å². The summed E-state index contributed by atoms with van der Waals surface area (Å²) in [6.45, 7) is 6.23. The predicted octanol–water partition coefficient (Wildman–Crippen LogP) is 3.51. The molecule has 1 aliphatic rings. The summed E-state index contributed by atoms with van der Waals surface area (Å²) in [5.41, 5.74) is 3.54. The smallest absolute Gasteiger partial charge is 0.255 e. The van der Waals surface area contributed by atoms with Gasteiger partial charge in [-0.1, -0.05) is 19.9 Å². The van der Waals surface area contributed by atoms with Crippen molar-refractivity contribution in [2.24, 2.45) is 5.92 Å². The minimum absolute atomic E-state index is 0.0300. The van der Waals surface area contributed by atoms with Gasteiger partial charge in [-0.15, -0.1) is 0 Å². The molecule has 0 aromatic carbocycles. The van der Waals surface area contributed by atoms with Crippen molar-refractivity contribution in [3.63, 3.8) is 0 Å². The zero-order valence-electron chi connectivity index (χ0n) is 14.0. The molecule has 2 N–H and O–H groups in total. The molecular formula is C18H24N4O. The van der Waals surface area contributed by atoms with Crippen molar-refractivity contribution >= 4 is 5.91 Å². The number of nitrogens with zero attached hydrogens (tertiary/aromatic N) is 2. The maximum absolute atomic E-state index is 12.9. The molecule has 0 unspecified atom stereocenters. The number of H-pyrrole nitrogens is 1. The molecule has 1 aliphatic carbocycles. The van der Waals surface area contributed by atoms with Crippen molar-refractivity contribution in [1.29, 1.82) is 0 Å². The van der Waals surface area contributed by atoms with Gasteiger partial charge in [-0.2, -0.15) is 5.10 Å². The summed E-state index contributed by atoms with van der Waals surface area (Å²) < 4.78 is 0. The van der Waals surface area contributed by atoms with Crippen LogP contribution in [-0.2, 0) is 0 Å². The molecule has 1 atom stereocenters. The van der Waals surface area contributed by atoms with E-state index in [2.05, 4.69) is 34.3 Å². The Morgan fingerprint density at radius 2 is 2.22 bits per heavy atom. The third kappa shape index (κ3) is 3.60. The predicted molar refractivity (Wildman–Crippen MR) is 89.2 cm³/mol. The SMILES string of the molecule is Cc1[nH]nc(C2CC2)c1C(=O)N[C@H](CC(C)C)c1cccnc1. The summed E-state index contributed by atoms with van der Waals surface area (Å²) in [4.78, 5) is 17.0. The van der Waals surface area contributed by atoms with Crippen LogP contribution in [0.1, 0.15) is 72.4 Å². The van der Waals surface area contributed by atoms with Crippen LogP contribution in [-0.4, -0.2) is 21.1 Å². The first-order valence-corrected chi connectivity index (χ1v) is 8.32. The van der Waals surface area contributed by atoms with Gasteiger partial charge in [0.05, 0.1) is 17.3 Å². The molecule has 0 radical (unpaired) electrons. The lowest BCUT2D eigenvalue weighted by Gasteiger charge is -2.21. The van der Waals surface area contributed by atoms with Crippen LogP contribution in [0.5, 0.6) is 0 Å². The Labute approximate surface area is 136 Å². The first-order valence-electron chi connectivity index (χ1n) is 8.32. The van der Waals surface area contributed by atoms with Crippen LogP contribution >= 0.6 is 0 Å². The van der Waals surface area contributed by atoms with Gasteiger partial charge < -0.3 is 5.32 Å². The fraction of sp³-hybridized carbons (Fsp3) is 0.500. The molecular weight excluding hydrogens is 288 g/mol. The second-order valence-corrected chi connectivity index (χ2v) is 6.83. The summed E-state index contributed by atoms with van der Waals surface area (Å²) in [6, 6.07) is 3.90. The van der Waals surface area contributed by atoms with Gasteiger partial charge in [0.15, 0.2) is 0 Å². The average Bonchev–Trinajstić information content (AvgIpc) is 3.29. The Balaban J connectivity index is 1.82. The van der Waals surface area contributed by atoms with Crippen molar-refractivity contribution in [3.8, 4) is 0 Å². The van der Waals surface area contributed by atoms with Crippen molar-refractivity contribution < 1.29 is 4.79 Å². The van der Waals surface area contributed by atoms with Gasteiger partial charge >= 0.3 is 0 Å². The van der Waals surface area contributed by atoms with E-state index < -0.39 is 0 Å². The molecule has 5 nitrogen and oxygen atoms in total. The normalized spacial score (nSPS) is 15.7. The van der Waals surface area contributed by atoms with E-state index in [0.29, 0.717) is 11.8 Å². The molecule has 0 bridgehead atoms. The monoisotopic (exact) mass is 312 g/mol.